The number of thiophene rings is 1. The third kappa shape index (κ3) is 3.23. The summed E-state index contributed by atoms with van der Waals surface area (Å²) in [6, 6.07) is 11.4. The van der Waals surface area contributed by atoms with Gasteiger partial charge in [-0.3, -0.25) is 9.89 Å². The number of H-pyrrole nitrogens is 1. The molecule has 3 heterocycles. The molecule has 0 bridgehead atoms. The zero-order chi connectivity index (χ0) is 18.1. The summed E-state index contributed by atoms with van der Waals surface area (Å²) < 4.78 is 5.74. The number of aliphatic hydroxyl groups is 1. The Morgan fingerprint density at radius 1 is 1.35 bits per heavy atom. The number of amides is 1. The van der Waals surface area contributed by atoms with Crippen LogP contribution in [-0.2, 0) is 13.2 Å². The number of hydrogen-bond donors (Lipinski definition) is 2. The predicted molar refractivity (Wildman–Crippen MR) is 99.2 cm³/mol. The van der Waals surface area contributed by atoms with Crippen LogP contribution in [0.15, 0.2) is 36.4 Å². The number of ether oxygens (including phenoxy) is 1. The molecule has 7 heteroatoms. The molecule has 1 aromatic carbocycles. The Hall–Kier alpha value is -2.64. The molecule has 134 valence electrons. The molecular weight excluding hydrogens is 350 g/mol. The van der Waals surface area contributed by atoms with Gasteiger partial charge in [-0.1, -0.05) is 6.07 Å². The van der Waals surface area contributed by atoms with Gasteiger partial charge in [-0.05, 0) is 42.8 Å². The first kappa shape index (κ1) is 16.8. The second kappa shape index (κ2) is 6.93. The molecule has 0 aliphatic carbocycles. The zero-order valence-electron chi connectivity index (χ0n) is 14.4. The summed E-state index contributed by atoms with van der Waals surface area (Å²) in [7, 11) is 0. The van der Waals surface area contributed by atoms with Crippen molar-refractivity contribution in [2.45, 2.75) is 20.1 Å². The van der Waals surface area contributed by atoms with E-state index in [9.17, 15) is 9.90 Å². The highest BCUT2D eigenvalue weighted by Crippen LogP contribution is 2.28. The number of aryl methyl sites for hydroxylation is 1. The number of hydrogen-bond acceptors (Lipinski definition) is 5. The predicted octanol–water partition coefficient (Wildman–Crippen LogP) is 2.97. The standard InChI is InChI=1S/C19H19N3O3S/c1-12-2-5-18(26-12)15-9-16(21-20-15)19(24)22-6-7-25-17-4-3-13(11-23)8-14(17)10-22/h2-5,8-9,23H,6-7,10-11H2,1H3,(H,20,21). The van der Waals surface area contributed by atoms with Gasteiger partial charge in [0.15, 0.2) is 5.69 Å². The van der Waals surface area contributed by atoms with Crippen molar-refractivity contribution in [2.75, 3.05) is 13.2 Å². The molecule has 26 heavy (non-hydrogen) atoms. The lowest BCUT2D eigenvalue weighted by molar-refractivity contribution is 0.0727. The van der Waals surface area contributed by atoms with Crippen molar-refractivity contribution in [3.8, 4) is 16.3 Å². The van der Waals surface area contributed by atoms with Crippen molar-refractivity contribution in [1.82, 2.24) is 15.1 Å². The van der Waals surface area contributed by atoms with Gasteiger partial charge < -0.3 is 14.7 Å². The van der Waals surface area contributed by atoms with E-state index in [4.69, 9.17) is 4.74 Å². The Kier molecular flexibility index (Phi) is 4.48. The molecule has 6 nitrogen and oxygen atoms in total. The molecule has 0 saturated carbocycles. The van der Waals surface area contributed by atoms with Crippen LogP contribution in [0.5, 0.6) is 5.75 Å². The number of benzene rings is 1. The normalized spacial score (nSPS) is 13.8. The minimum absolute atomic E-state index is 0.0375. The maximum atomic E-state index is 12.9. The minimum Gasteiger partial charge on any atom is -0.491 e. The van der Waals surface area contributed by atoms with Gasteiger partial charge in [0.05, 0.1) is 23.7 Å². The molecule has 1 aliphatic rings. The van der Waals surface area contributed by atoms with E-state index in [1.165, 1.54) is 4.88 Å². The van der Waals surface area contributed by atoms with Gasteiger partial charge in [0.1, 0.15) is 12.4 Å². The van der Waals surface area contributed by atoms with Crippen molar-refractivity contribution in [1.29, 1.82) is 0 Å². The van der Waals surface area contributed by atoms with Gasteiger partial charge in [0.25, 0.3) is 5.91 Å². The van der Waals surface area contributed by atoms with Crippen LogP contribution < -0.4 is 4.74 Å². The average Bonchev–Trinajstić information content (AvgIpc) is 3.25. The highest BCUT2D eigenvalue weighted by atomic mass is 32.1. The number of rotatable bonds is 3. The van der Waals surface area contributed by atoms with Crippen LogP contribution in [0.4, 0.5) is 0 Å². The molecule has 1 aliphatic heterocycles. The summed E-state index contributed by atoms with van der Waals surface area (Å²) in [6.45, 7) is 3.36. The topological polar surface area (TPSA) is 78.5 Å². The van der Waals surface area contributed by atoms with E-state index in [0.29, 0.717) is 25.4 Å². The van der Waals surface area contributed by atoms with Gasteiger partial charge in [-0.15, -0.1) is 11.3 Å². The van der Waals surface area contributed by atoms with Crippen LogP contribution in [0.1, 0.15) is 26.5 Å². The van der Waals surface area contributed by atoms with Crippen LogP contribution in [0.2, 0.25) is 0 Å². The molecule has 0 atom stereocenters. The summed E-state index contributed by atoms with van der Waals surface area (Å²) in [5, 5.41) is 16.5. The van der Waals surface area contributed by atoms with Crippen molar-refractivity contribution >= 4 is 17.2 Å². The van der Waals surface area contributed by atoms with E-state index >= 15 is 0 Å². The van der Waals surface area contributed by atoms with Gasteiger partial charge in [0, 0.05) is 17.0 Å². The lowest BCUT2D eigenvalue weighted by Gasteiger charge is -2.18. The molecule has 0 unspecified atom stereocenters. The molecule has 0 fully saturated rings. The summed E-state index contributed by atoms with van der Waals surface area (Å²) in [5.74, 6) is 0.626. The van der Waals surface area contributed by atoms with E-state index in [1.54, 1.807) is 22.3 Å². The molecule has 0 spiro atoms. The van der Waals surface area contributed by atoms with Gasteiger partial charge in [-0.25, -0.2) is 0 Å². The first-order valence-corrected chi connectivity index (χ1v) is 9.22. The van der Waals surface area contributed by atoms with E-state index in [2.05, 4.69) is 10.2 Å². The van der Waals surface area contributed by atoms with Crippen LogP contribution in [0, 0.1) is 6.92 Å². The molecule has 0 radical (unpaired) electrons. The van der Waals surface area contributed by atoms with Crippen LogP contribution >= 0.6 is 11.3 Å². The fourth-order valence-electron chi connectivity index (χ4n) is 3.02. The number of fused-ring (bicyclic) bond motifs is 1. The van der Waals surface area contributed by atoms with E-state index in [0.717, 1.165) is 27.4 Å². The zero-order valence-corrected chi connectivity index (χ0v) is 15.2. The Balaban J connectivity index is 1.57. The molecule has 4 rings (SSSR count). The maximum Gasteiger partial charge on any atom is 0.274 e. The van der Waals surface area contributed by atoms with E-state index in [-0.39, 0.29) is 12.5 Å². The molecular formula is C19H19N3O3S. The maximum absolute atomic E-state index is 12.9. The smallest absolute Gasteiger partial charge is 0.274 e. The first-order chi connectivity index (χ1) is 12.6. The second-order valence-corrected chi connectivity index (χ2v) is 7.54. The van der Waals surface area contributed by atoms with Crippen LogP contribution in [-0.4, -0.2) is 39.3 Å². The van der Waals surface area contributed by atoms with Gasteiger partial charge >= 0.3 is 0 Å². The van der Waals surface area contributed by atoms with Crippen molar-refractivity contribution < 1.29 is 14.6 Å². The van der Waals surface area contributed by atoms with Gasteiger partial charge in [0.2, 0.25) is 0 Å². The third-order valence-electron chi connectivity index (χ3n) is 4.38. The Morgan fingerprint density at radius 2 is 2.23 bits per heavy atom. The number of aromatic amines is 1. The van der Waals surface area contributed by atoms with Crippen molar-refractivity contribution in [2.24, 2.45) is 0 Å². The number of nitrogens with one attached hydrogen (secondary N) is 1. The number of carbonyl (C=O) groups is 1. The second-order valence-electron chi connectivity index (χ2n) is 6.25. The highest BCUT2D eigenvalue weighted by Gasteiger charge is 2.23. The van der Waals surface area contributed by atoms with E-state index in [1.807, 2.05) is 37.3 Å². The quantitative estimate of drug-likeness (QED) is 0.744. The van der Waals surface area contributed by atoms with Crippen LogP contribution in [0.3, 0.4) is 0 Å². The number of carbonyl (C=O) groups excluding carboxylic acids is 1. The number of nitrogens with zero attached hydrogens (tertiary/aromatic N) is 2. The highest BCUT2D eigenvalue weighted by molar-refractivity contribution is 7.15. The summed E-state index contributed by atoms with van der Waals surface area (Å²) in [5.41, 5.74) is 2.94. The first-order valence-electron chi connectivity index (χ1n) is 8.41. The fraction of sp³-hybridized carbons (Fsp3) is 0.263. The Morgan fingerprint density at radius 3 is 3.00 bits per heavy atom. The Bertz CT molecular complexity index is 947. The van der Waals surface area contributed by atoms with Crippen molar-refractivity contribution in [3.63, 3.8) is 0 Å². The summed E-state index contributed by atoms with van der Waals surface area (Å²) in [6.07, 6.45) is 0. The number of aromatic nitrogens is 2. The fourth-order valence-corrected chi connectivity index (χ4v) is 3.85. The lowest BCUT2D eigenvalue weighted by atomic mass is 10.1. The SMILES string of the molecule is Cc1ccc(-c2cc(C(=O)N3CCOc4ccc(CO)cc4C3)n[nH]2)s1. The number of aliphatic hydroxyl groups excluding tert-OH is 1. The lowest BCUT2D eigenvalue weighted by Crippen LogP contribution is -2.32. The third-order valence-corrected chi connectivity index (χ3v) is 5.41. The van der Waals surface area contributed by atoms with Crippen molar-refractivity contribution in [3.05, 3.63) is 58.1 Å². The largest absolute Gasteiger partial charge is 0.491 e. The molecule has 2 aromatic heterocycles. The van der Waals surface area contributed by atoms with Crippen LogP contribution in [0.25, 0.3) is 10.6 Å². The monoisotopic (exact) mass is 369 g/mol. The van der Waals surface area contributed by atoms with Gasteiger partial charge in [-0.2, -0.15) is 5.10 Å². The Labute approximate surface area is 155 Å². The molecule has 0 saturated heterocycles. The molecule has 1 amide bonds. The van der Waals surface area contributed by atoms with E-state index < -0.39 is 0 Å². The average molecular weight is 369 g/mol. The summed E-state index contributed by atoms with van der Waals surface area (Å²) in [4.78, 5) is 16.9. The molecule has 2 N–H and O–H groups in total. The summed E-state index contributed by atoms with van der Waals surface area (Å²) >= 11 is 1.66. The minimum atomic E-state index is -0.133. The molecule has 3 aromatic rings.